The number of fused-ring (bicyclic) bond motifs is 1. The van der Waals surface area contributed by atoms with E-state index in [2.05, 4.69) is 15.3 Å². The van der Waals surface area contributed by atoms with Crippen molar-refractivity contribution in [1.82, 2.24) is 15.3 Å². The predicted octanol–water partition coefficient (Wildman–Crippen LogP) is 3.23. The quantitative estimate of drug-likeness (QED) is 0.656. The van der Waals surface area contributed by atoms with Crippen molar-refractivity contribution in [3.8, 4) is 11.1 Å². The van der Waals surface area contributed by atoms with Crippen LogP contribution in [-0.4, -0.2) is 60.0 Å². The van der Waals surface area contributed by atoms with Crippen LogP contribution in [0, 0.1) is 5.82 Å². The van der Waals surface area contributed by atoms with Crippen molar-refractivity contribution in [3.05, 3.63) is 12.0 Å². The van der Waals surface area contributed by atoms with E-state index in [0.29, 0.717) is 35.2 Å². The zero-order chi connectivity index (χ0) is 21.8. The van der Waals surface area contributed by atoms with E-state index in [1.165, 1.54) is 24.5 Å². The normalized spacial score (nSPS) is 24.8. The molecule has 1 aliphatic heterocycles. The second-order valence-electron chi connectivity index (χ2n) is 8.13. The number of carbonyl (C=O) groups is 1. The van der Waals surface area contributed by atoms with Gasteiger partial charge in [0, 0.05) is 19.4 Å². The van der Waals surface area contributed by atoms with Gasteiger partial charge in [0.15, 0.2) is 0 Å². The second-order valence-corrected chi connectivity index (χ2v) is 9.09. The molecule has 1 saturated heterocycles. The summed E-state index contributed by atoms with van der Waals surface area (Å²) in [5.74, 6) is -0.544. The average Bonchev–Trinajstić information content (AvgIpc) is 3.39. The van der Waals surface area contributed by atoms with E-state index in [1.54, 1.807) is 0 Å². The highest BCUT2D eigenvalue weighted by Crippen LogP contribution is 2.35. The molecule has 2 fully saturated rings. The van der Waals surface area contributed by atoms with Gasteiger partial charge in [-0.1, -0.05) is 11.3 Å². The lowest BCUT2D eigenvalue weighted by Crippen LogP contribution is -2.37. The van der Waals surface area contributed by atoms with Crippen molar-refractivity contribution in [2.24, 2.45) is 0 Å². The number of aromatic nitrogens is 2. The summed E-state index contributed by atoms with van der Waals surface area (Å²) < 4.78 is 38.2. The molecule has 2 atom stereocenters. The molecule has 8 nitrogen and oxygen atoms in total. The lowest BCUT2D eigenvalue weighted by atomic mass is 9.95. The molecule has 0 aromatic carbocycles. The molecule has 2 aliphatic rings. The van der Waals surface area contributed by atoms with Gasteiger partial charge in [0.25, 0.3) is 11.1 Å². The Kier molecular flexibility index (Phi) is 7.19. The molecule has 3 heterocycles. The number of thiazole rings is 1. The lowest BCUT2D eigenvalue weighted by Gasteiger charge is -2.29. The topological polar surface area (TPSA) is 91.8 Å². The minimum absolute atomic E-state index is 0.00977. The van der Waals surface area contributed by atoms with E-state index in [1.807, 2.05) is 6.92 Å². The third-order valence-corrected chi connectivity index (χ3v) is 6.37. The second kappa shape index (κ2) is 10.1. The first-order valence-corrected chi connectivity index (χ1v) is 11.5. The van der Waals surface area contributed by atoms with Crippen LogP contribution in [0.2, 0.25) is 0 Å². The predicted molar refractivity (Wildman–Crippen MR) is 113 cm³/mol. The Bertz CT molecular complexity index is 897. The Hall–Kier alpha value is -2.04. The molecule has 1 N–H and O–H groups in total. The zero-order valence-electron chi connectivity index (χ0n) is 17.8. The van der Waals surface area contributed by atoms with Crippen LogP contribution in [0.5, 0.6) is 11.1 Å². The van der Waals surface area contributed by atoms with Gasteiger partial charge in [0.1, 0.15) is 22.4 Å². The van der Waals surface area contributed by atoms with Crippen LogP contribution >= 0.6 is 11.3 Å². The van der Waals surface area contributed by atoms with Crippen molar-refractivity contribution in [2.75, 3.05) is 19.8 Å². The number of hydrogen-bond donors (Lipinski definition) is 1. The summed E-state index contributed by atoms with van der Waals surface area (Å²) in [4.78, 5) is 19.5. The molecule has 4 rings (SSSR count). The molecule has 0 unspecified atom stereocenters. The average molecular weight is 454 g/mol. The zero-order valence-corrected chi connectivity index (χ0v) is 18.6. The first-order valence-electron chi connectivity index (χ1n) is 10.7. The van der Waals surface area contributed by atoms with Crippen LogP contribution in [0.25, 0.3) is 10.2 Å². The van der Waals surface area contributed by atoms with Crippen molar-refractivity contribution in [1.29, 1.82) is 0 Å². The molecule has 170 valence electrons. The van der Waals surface area contributed by atoms with Crippen LogP contribution < -0.4 is 14.8 Å². The summed E-state index contributed by atoms with van der Waals surface area (Å²) in [6, 6.07) is -0.0223. The maximum atomic E-state index is 15.0. The number of nitrogens with one attached hydrogen (secondary N) is 1. The highest BCUT2D eigenvalue weighted by atomic mass is 32.1. The first-order chi connectivity index (χ1) is 15.0. The van der Waals surface area contributed by atoms with Crippen molar-refractivity contribution < 1.29 is 28.1 Å². The maximum absolute atomic E-state index is 15.0. The first kappa shape index (κ1) is 22.2. The van der Waals surface area contributed by atoms with Gasteiger partial charge in [-0.2, -0.15) is 4.39 Å². The van der Waals surface area contributed by atoms with E-state index in [-0.39, 0.29) is 36.1 Å². The maximum Gasteiger partial charge on any atom is 0.274 e. The molecule has 1 amide bonds. The molecule has 0 bridgehead atoms. The van der Waals surface area contributed by atoms with Gasteiger partial charge in [-0.25, -0.2) is 9.97 Å². The monoisotopic (exact) mass is 453 g/mol. The molecule has 0 spiro atoms. The van der Waals surface area contributed by atoms with E-state index in [4.69, 9.17) is 18.9 Å². The highest BCUT2D eigenvalue weighted by Gasteiger charge is 2.26. The van der Waals surface area contributed by atoms with Crippen molar-refractivity contribution >= 4 is 27.5 Å². The number of amides is 1. The smallest absolute Gasteiger partial charge is 0.274 e. The molecule has 10 heteroatoms. The van der Waals surface area contributed by atoms with Gasteiger partial charge in [-0.15, -0.1) is 0 Å². The third kappa shape index (κ3) is 5.81. The Balaban J connectivity index is 1.29. The number of hydrogen-bond acceptors (Lipinski definition) is 8. The fourth-order valence-corrected chi connectivity index (χ4v) is 4.74. The Morgan fingerprint density at radius 1 is 1.26 bits per heavy atom. The molecular formula is C21H28FN3O5S. The number of pyridine rings is 1. The lowest BCUT2D eigenvalue weighted by molar-refractivity contribution is -0.120. The minimum atomic E-state index is -0.491. The van der Waals surface area contributed by atoms with Gasteiger partial charge >= 0.3 is 0 Å². The van der Waals surface area contributed by atoms with E-state index in [0.717, 1.165) is 32.1 Å². The summed E-state index contributed by atoms with van der Waals surface area (Å²) in [7, 11) is 0. The van der Waals surface area contributed by atoms with Crippen LogP contribution in [-0.2, 0) is 14.3 Å². The number of carbonyl (C=O) groups excluding carboxylic acids is 1. The van der Waals surface area contributed by atoms with Crippen LogP contribution in [0.15, 0.2) is 6.20 Å². The number of nitrogens with zero attached hydrogens (tertiary/aromatic N) is 2. The summed E-state index contributed by atoms with van der Waals surface area (Å²) in [6.07, 6.45) is 5.49. The third-order valence-electron chi connectivity index (χ3n) is 5.41. The highest BCUT2D eigenvalue weighted by molar-refractivity contribution is 7.20. The summed E-state index contributed by atoms with van der Waals surface area (Å²) in [5.41, 5.74) is 0.467. The number of ether oxygens (including phenoxy) is 4. The van der Waals surface area contributed by atoms with Crippen LogP contribution in [0.3, 0.4) is 0 Å². The van der Waals surface area contributed by atoms with Gasteiger partial charge in [-0.05, 0) is 32.6 Å². The van der Waals surface area contributed by atoms with Gasteiger partial charge in [0.05, 0.1) is 32.1 Å². The van der Waals surface area contributed by atoms with Crippen molar-refractivity contribution in [2.45, 2.75) is 70.3 Å². The van der Waals surface area contributed by atoms with E-state index in [9.17, 15) is 9.18 Å². The summed E-state index contributed by atoms with van der Waals surface area (Å²) in [6.45, 7) is 5.09. The molecule has 2 aromatic rings. The molecule has 0 radical (unpaired) electrons. The Labute approximate surface area is 184 Å². The Morgan fingerprint density at radius 2 is 2.03 bits per heavy atom. The molecular weight excluding hydrogens is 425 g/mol. The standard InChI is InChI=1S/C21H28FN3O5S/c1-12(24-13(2)26)10-28-14-3-5-15(6-4-14)29-20-18(22)19-17(9-23-20)25-21(31-19)30-16-7-8-27-11-16/h9,12,14-16H,3-8,10-11H2,1-2H3,(H,24,26)/t12-,14-,15-,16-/m0/s1. The molecule has 2 aromatic heterocycles. The van der Waals surface area contributed by atoms with Crippen molar-refractivity contribution in [3.63, 3.8) is 0 Å². The molecule has 1 saturated carbocycles. The van der Waals surface area contributed by atoms with Crippen LogP contribution in [0.4, 0.5) is 4.39 Å². The van der Waals surface area contributed by atoms with E-state index < -0.39 is 5.82 Å². The fraction of sp³-hybridized carbons (Fsp3) is 0.667. The molecule has 1 aliphatic carbocycles. The van der Waals surface area contributed by atoms with E-state index >= 15 is 0 Å². The Morgan fingerprint density at radius 3 is 2.74 bits per heavy atom. The SMILES string of the molecule is CC(=O)N[C@@H](C)CO[C@H]1CC[C@H](Oc2ncc3nc(O[C@H]4CCOC4)sc3c2F)CC1. The number of halogens is 1. The minimum Gasteiger partial charge on any atom is -0.472 e. The fourth-order valence-electron chi connectivity index (χ4n) is 3.85. The summed E-state index contributed by atoms with van der Waals surface area (Å²) >= 11 is 1.17. The molecule has 31 heavy (non-hydrogen) atoms. The van der Waals surface area contributed by atoms with Gasteiger partial charge in [-0.3, -0.25) is 4.79 Å². The summed E-state index contributed by atoms with van der Waals surface area (Å²) in [5, 5.41) is 3.23. The largest absolute Gasteiger partial charge is 0.472 e. The van der Waals surface area contributed by atoms with Crippen LogP contribution in [0.1, 0.15) is 46.0 Å². The van der Waals surface area contributed by atoms with Gasteiger partial charge in [0.2, 0.25) is 11.7 Å². The van der Waals surface area contributed by atoms with Gasteiger partial charge < -0.3 is 24.3 Å². The number of rotatable bonds is 8.